The molecule has 0 atom stereocenters. The molecular formula is C17H17N3O3S. The molecule has 0 aliphatic rings. The van der Waals surface area contributed by atoms with Gasteiger partial charge in [-0.2, -0.15) is 0 Å². The highest BCUT2D eigenvalue weighted by atomic mass is 32.2. The first kappa shape index (κ1) is 16.2. The summed E-state index contributed by atoms with van der Waals surface area (Å²) in [6.45, 7) is 5.49. The largest absolute Gasteiger partial charge is 0.356 e. The molecule has 0 amide bonds. The molecular weight excluding hydrogens is 326 g/mol. The van der Waals surface area contributed by atoms with Crippen LogP contribution in [0.2, 0.25) is 0 Å². The van der Waals surface area contributed by atoms with Gasteiger partial charge in [-0.15, -0.1) is 0 Å². The first-order chi connectivity index (χ1) is 11.4. The molecule has 6 nitrogen and oxygen atoms in total. The molecule has 1 aromatic carbocycles. The van der Waals surface area contributed by atoms with Crippen molar-refractivity contribution in [1.29, 1.82) is 0 Å². The Morgan fingerprint density at radius 3 is 2.54 bits per heavy atom. The molecule has 2 heterocycles. The Bertz CT molecular complexity index is 980. The maximum atomic E-state index is 12.7. The van der Waals surface area contributed by atoms with E-state index >= 15 is 0 Å². The van der Waals surface area contributed by atoms with E-state index in [2.05, 4.69) is 14.9 Å². The van der Waals surface area contributed by atoms with Gasteiger partial charge in [0.05, 0.1) is 22.5 Å². The minimum Gasteiger partial charge on any atom is -0.356 e. The van der Waals surface area contributed by atoms with Crippen molar-refractivity contribution in [2.75, 3.05) is 4.72 Å². The number of rotatable bonds is 4. The van der Waals surface area contributed by atoms with Gasteiger partial charge in [-0.25, -0.2) is 8.42 Å². The van der Waals surface area contributed by atoms with Crippen LogP contribution in [0.3, 0.4) is 0 Å². The quantitative estimate of drug-likeness (QED) is 0.784. The second-order valence-electron chi connectivity index (χ2n) is 5.55. The maximum Gasteiger partial charge on any atom is 0.262 e. The van der Waals surface area contributed by atoms with E-state index in [9.17, 15) is 8.42 Å². The van der Waals surface area contributed by atoms with Gasteiger partial charge < -0.3 is 4.52 Å². The fourth-order valence-corrected chi connectivity index (χ4v) is 3.66. The monoisotopic (exact) mass is 343 g/mol. The molecule has 0 unspecified atom stereocenters. The number of hydrogen-bond donors (Lipinski definition) is 1. The molecule has 0 aliphatic heterocycles. The number of nitrogens with one attached hydrogen (secondary N) is 1. The highest BCUT2D eigenvalue weighted by Gasteiger charge is 2.20. The number of sulfonamides is 1. The SMILES string of the molecule is Cc1ccc(-c2onc(C)c2C)cc1S(=O)(=O)Nc1cccnc1. The Balaban J connectivity index is 2.04. The van der Waals surface area contributed by atoms with Gasteiger partial charge in [0, 0.05) is 17.3 Å². The summed E-state index contributed by atoms with van der Waals surface area (Å²) in [4.78, 5) is 4.11. The van der Waals surface area contributed by atoms with E-state index in [1.807, 2.05) is 19.9 Å². The second kappa shape index (κ2) is 6.09. The first-order valence-corrected chi connectivity index (χ1v) is 8.83. The van der Waals surface area contributed by atoms with Crippen LogP contribution in [-0.2, 0) is 10.0 Å². The van der Waals surface area contributed by atoms with E-state index in [0.717, 1.165) is 11.3 Å². The average molecular weight is 343 g/mol. The number of aryl methyl sites for hydroxylation is 2. The molecule has 0 saturated heterocycles. The van der Waals surface area contributed by atoms with Crippen molar-refractivity contribution in [2.45, 2.75) is 25.7 Å². The van der Waals surface area contributed by atoms with E-state index in [4.69, 9.17) is 4.52 Å². The number of benzene rings is 1. The zero-order chi connectivity index (χ0) is 17.3. The van der Waals surface area contributed by atoms with E-state index in [1.165, 1.54) is 6.20 Å². The van der Waals surface area contributed by atoms with Crippen LogP contribution in [0.1, 0.15) is 16.8 Å². The van der Waals surface area contributed by atoms with Crippen molar-refractivity contribution < 1.29 is 12.9 Å². The van der Waals surface area contributed by atoms with E-state index in [1.54, 1.807) is 37.4 Å². The minimum absolute atomic E-state index is 0.192. The van der Waals surface area contributed by atoms with Gasteiger partial charge in [-0.1, -0.05) is 17.3 Å². The number of aromatic nitrogens is 2. The van der Waals surface area contributed by atoms with Gasteiger partial charge in [-0.05, 0) is 44.5 Å². The summed E-state index contributed by atoms with van der Waals surface area (Å²) in [5.41, 5.74) is 3.40. The van der Waals surface area contributed by atoms with Crippen LogP contribution in [0.5, 0.6) is 0 Å². The molecule has 1 N–H and O–H groups in total. The molecule has 0 spiro atoms. The van der Waals surface area contributed by atoms with E-state index < -0.39 is 10.0 Å². The Labute approximate surface area is 140 Å². The fraction of sp³-hybridized carbons (Fsp3) is 0.176. The van der Waals surface area contributed by atoms with Crippen LogP contribution < -0.4 is 4.72 Å². The predicted octanol–water partition coefficient (Wildman–Crippen LogP) is 3.46. The third-order valence-corrected chi connectivity index (χ3v) is 5.33. The molecule has 0 radical (unpaired) electrons. The molecule has 0 aliphatic carbocycles. The number of pyridine rings is 1. The van der Waals surface area contributed by atoms with Crippen molar-refractivity contribution in [3.05, 3.63) is 59.5 Å². The summed E-state index contributed by atoms with van der Waals surface area (Å²) < 4.78 is 33.3. The zero-order valence-corrected chi connectivity index (χ0v) is 14.4. The average Bonchev–Trinajstić information content (AvgIpc) is 2.88. The topological polar surface area (TPSA) is 85.1 Å². The van der Waals surface area contributed by atoms with Crippen molar-refractivity contribution in [1.82, 2.24) is 10.1 Å². The number of hydrogen-bond acceptors (Lipinski definition) is 5. The molecule has 0 saturated carbocycles. The molecule has 124 valence electrons. The third kappa shape index (κ3) is 3.03. The van der Waals surface area contributed by atoms with Crippen molar-refractivity contribution in [2.24, 2.45) is 0 Å². The highest BCUT2D eigenvalue weighted by molar-refractivity contribution is 7.92. The third-order valence-electron chi connectivity index (χ3n) is 3.81. The molecule has 24 heavy (non-hydrogen) atoms. The standard InChI is InChI=1S/C17H17N3O3S/c1-11-6-7-14(17-12(2)13(3)19-23-17)9-16(11)24(21,22)20-15-5-4-8-18-10-15/h4-10,20H,1-3H3. The van der Waals surface area contributed by atoms with Gasteiger partial charge in [0.2, 0.25) is 0 Å². The lowest BCUT2D eigenvalue weighted by molar-refractivity contribution is 0.427. The number of nitrogens with zero attached hydrogens (tertiary/aromatic N) is 2. The van der Waals surface area contributed by atoms with Crippen LogP contribution in [0.15, 0.2) is 52.1 Å². The summed E-state index contributed by atoms with van der Waals surface area (Å²) in [6.07, 6.45) is 3.04. The summed E-state index contributed by atoms with van der Waals surface area (Å²) in [5, 5.41) is 3.93. The molecule has 7 heteroatoms. The highest BCUT2D eigenvalue weighted by Crippen LogP contribution is 2.29. The van der Waals surface area contributed by atoms with Gasteiger partial charge >= 0.3 is 0 Å². The van der Waals surface area contributed by atoms with Crippen molar-refractivity contribution >= 4 is 15.7 Å². The Kier molecular flexibility index (Phi) is 4.11. The molecule has 2 aromatic heterocycles. The fourth-order valence-electron chi connectivity index (χ4n) is 2.35. The van der Waals surface area contributed by atoms with Crippen LogP contribution in [0, 0.1) is 20.8 Å². The predicted molar refractivity (Wildman–Crippen MR) is 91.2 cm³/mol. The molecule has 0 fully saturated rings. The Morgan fingerprint density at radius 1 is 1.12 bits per heavy atom. The smallest absolute Gasteiger partial charge is 0.262 e. The Morgan fingerprint density at radius 2 is 1.92 bits per heavy atom. The summed E-state index contributed by atoms with van der Waals surface area (Å²) in [7, 11) is -3.73. The minimum atomic E-state index is -3.73. The Hall–Kier alpha value is -2.67. The molecule has 0 bridgehead atoms. The maximum absolute atomic E-state index is 12.7. The van der Waals surface area contributed by atoms with Crippen LogP contribution in [0.4, 0.5) is 5.69 Å². The van der Waals surface area contributed by atoms with Gasteiger partial charge in [0.1, 0.15) is 0 Å². The van der Waals surface area contributed by atoms with Crippen LogP contribution in [-0.4, -0.2) is 18.6 Å². The van der Waals surface area contributed by atoms with Crippen molar-refractivity contribution in [3.8, 4) is 11.3 Å². The molecule has 3 rings (SSSR count). The summed E-state index contributed by atoms with van der Waals surface area (Å²) in [5.74, 6) is 0.574. The van der Waals surface area contributed by atoms with E-state index in [-0.39, 0.29) is 4.90 Å². The van der Waals surface area contributed by atoms with Gasteiger partial charge in [0.25, 0.3) is 10.0 Å². The lowest BCUT2D eigenvalue weighted by Gasteiger charge is -2.11. The lowest BCUT2D eigenvalue weighted by atomic mass is 10.1. The molecule has 3 aromatic rings. The zero-order valence-electron chi connectivity index (χ0n) is 13.6. The second-order valence-corrected chi connectivity index (χ2v) is 7.20. The normalized spacial score (nSPS) is 11.5. The van der Waals surface area contributed by atoms with E-state index in [0.29, 0.717) is 22.6 Å². The summed E-state index contributed by atoms with van der Waals surface area (Å²) >= 11 is 0. The van der Waals surface area contributed by atoms with Crippen molar-refractivity contribution in [3.63, 3.8) is 0 Å². The van der Waals surface area contributed by atoms with Gasteiger partial charge in [-0.3, -0.25) is 9.71 Å². The first-order valence-electron chi connectivity index (χ1n) is 7.35. The number of anilines is 1. The van der Waals surface area contributed by atoms with Crippen LogP contribution >= 0.6 is 0 Å². The summed E-state index contributed by atoms with van der Waals surface area (Å²) in [6, 6.07) is 8.49. The lowest BCUT2D eigenvalue weighted by Crippen LogP contribution is -2.14. The van der Waals surface area contributed by atoms with Gasteiger partial charge in [0.15, 0.2) is 5.76 Å². The van der Waals surface area contributed by atoms with Crippen LogP contribution in [0.25, 0.3) is 11.3 Å².